The van der Waals surface area contributed by atoms with Crippen LogP contribution >= 0.6 is 0 Å². The van der Waals surface area contributed by atoms with Crippen molar-refractivity contribution in [3.8, 4) is 11.4 Å². The van der Waals surface area contributed by atoms with Crippen LogP contribution < -0.4 is 4.90 Å². The fourth-order valence-corrected chi connectivity index (χ4v) is 3.44. The number of carbonyl (C=O) groups excluding carboxylic acids is 1. The van der Waals surface area contributed by atoms with Gasteiger partial charge in [0.1, 0.15) is 17.7 Å². The summed E-state index contributed by atoms with van der Waals surface area (Å²) in [6, 6.07) is 7.26. The molecule has 9 heteroatoms. The molecule has 1 saturated heterocycles. The minimum Gasteiger partial charge on any atom is -0.352 e. The molecule has 0 aliphatic carbocycles. The maximum atomic E-state index is 14.6. The molecule has 3 aromatic rings. The summed E-state index contributed by atoms with van der Waals surface area (Å²) >= 11 is 0. The summed E-state index contributed by atoms with van der Waals surface area (Å²) < 4.78 is 14.6. The number of aryl methyl sites for hydroxylation is 1. The SMILES string of the molecule is CCc1ncnc(N2CCCN(C(=O)c3cc(-c4ccccn4)n[nH]3)CC2)c1F. The van der Waals surface area contributed by atoms with Gasteiger partial charge in [0.2, 0.25) is 0 Å². The second kappa shape index (κ2) is 8.34. The summed E-state index contributed by atoms with van der Waals surface area (Å²) in [5, 5.41) is 7.02. The first-order chi connectivity index (χ1) is 14.2. The molecule has 3 aromatic heterocycles. The molecule has 8 nitrogen and oxygen atoms in total. The van der Waals surface area contributed by atoms with Crippen molar-refractivity contribution in [2.45, 2.75) is 19.8 Å². The molecule has 0 spiro atoms. The van der Waals surface area contributed by atoms with Gasteiger partial charge in [0.25, 0.3) is 5.91 Å². The van der Waals surface area contributed by atoms with Gasteiger partial charge in [0.15, 0.2) is 11.6 Å². The molecule has 4 heterocycles. The highest BCUT2D eigenvalue weighted by Crippen LogP contribution is 2.21. The first-order valence-electron chi connectivity index (χ1n) is 9.67. The standard InChI is InChI=1S/C20H22FN7O/c1-2-14-18(21)19(24-13-23-14)27-8-5-9-28(11-10-27)20(29)17-12-16(25-26-17)15-6-3-4-7-22-15/h3-4,6-7,12-13H,2,5,8-11H2,1H3,(H,25,26). The molecule has 1 fully saturated rings. The van der Waals surface area contributed by atoms with Gasteiger partial charge in [0, 0.05) is 32.4 Å². The molecule has 0 unspecified atom stereocenters. The molecule has 0 atom stereocenters. The van der Waals surface area contributed by atoms with E-state index in [9.17, 15) is 9.18 Å². The smallest absolute Gasteiger partial charge is 0.271 e. The van der Waals surface area contributed by atoms with Crippen LogP contribution in [0.4, 0.5) is 10.2 Å². The van der Waals surface area contributed by atoms with E-state index < -0.39 is 0 Å². The van der Waals surface area contributed by atoms with Crippen LogP contribution in [0.5, 0.6) is 0 Å². The third-order valence-electron chi connectivity index (χ3n) is 5.00. The summed E-state index contributed by atoms with van der Waals surface area (Å²) in [6.45, 7) is 4.05. The lowest BCUT2D eigenvalue weighted by atomic mass is 10.2. The monoisotopic (exact) mass is 395 g/mol. The minimum atomic E-state index is -0.372. The summed E-state index contributed by atoms with van der Waals surface area (Å²) in [7, 11) is 0. The van der Waals surface area contributed by atoms with Gasteiger partial charge >= 0.3 is 0 Å². The Hall–Kier alpha value is -3.36. The second-order valence-corrected chi connectivity index (χ2v) is 6.83. The lowest BCUT2D eigenvalue weighted by molar-refractivity contribution is 0.0761. The predicted octanol–water partition coefficient (Wildman–Crippen LogP) is 2.32. The van der Waals surface area contributed by atoms with Gasteiger partial charge in [-0.05, 0) is 31.0 Å². The minimum absolute atomic E-state index is 0.126. The average molecular weight is 395 g/mol. The molecule has 1 N–H and O–H groups in total. The highest BCUT2D eigenvalue weighted by atomic mass is 19.1. The van der Waals surface area contributed by atoms with Crippen LogP contribution in [-0.4, -0.2) is 62.1 Å². The van der Waals surface area contributed by atoms with Crippen LogP contribution in [-0.2, 0) is 6.42 Å². The molecule has 1 aliphatic rings. The van der Waals surface area contributed by atoms with Crippen molar-refractivity contribution in [3.05, 3.63) is 54.0 Å². The Morgan fingerprint density at radius 3 is 2.83 bits per heavy atom. The number of amides is 1. The number of pyridine rings is 1. The summed E-state index contributed by atoms with van der Waals surface area (Å²) in [5.41, 5.74) is 2.16. The molecular formula is C20H22FN7O. The average Bonchev–Trinajstić information content (AvgIpc) is 3.13. The van der Waals surface area contributed by atoms with Gasteiger partial charge in [-0.3, -0.25) is 14.9 Å². The van der Waals surface area contributed by atoms with Crippen molar-refractivity contribution >= 4 is 11.7 Å². The van der Waals surface area contributed by atoms with Crippen LogP contribution in [0, 0.1) is 5.82 Å². The fourth-order valence-electron chi connectivity index (χ4n) is 3.44. The number of halogens is 1. The van der Waals surface area contributed by atoms with E-state index in [1.807, 2.05) is 30.0 Å². The Morgan fingerprint density at radius 1 is 1.14 bits per heavy atom. The van der Waals surface area contributed by atoms with Gasteiger partial charge in [0.05, 0.1) is 11.4 Å². The Labute approximate surface area is 167 Å². The number of aromatic nitrogens is 5. The molecule has 0 saturated carbocycles. The third kappa shape index (κ3) is 3.94. The summed E-state index contributed by atoms with van der Waals surface area (Å²) in [6.07, 6.45) is 4.32. The Morgan fingerprint density at radius 2 is 2.03 bits per heavy atom. The van der Waals surface area contributed by atoms with Crippen LogP contribution in [0.15, 0.2) is 36.8 Å². The number of aromatic amines is 1. The number of anilines is 1. The maximum absolute atomic E-state index is 14.6. The Kier molecular flexibility index (Phi) is 5.46. The van der Waals surface area contributed by atoms with E-state index in [0.717, 1.165) is 6.42 Å². The van der Waals surface area contributed by atoms with Crippen LogP contribution in [0.2, 0.25) is 0 Å². The lowest BCUT2D eigenvalue weighted by Crippen LogP contribution is -2.36. The lowest BCUT2D eigenvalue weighted by Gasteiger charge is -2.23. The topological polar surface area (TPSA) is 90.9 Å². The number of rotatable bonds is 4. The summed E-state index contributed by atoms with van der Waals surface area (Å²) in [5.74, 6) is -0.188. The molecule has 0 bridgehead atoms. The normalized spacial score (nSPS) is 14.7. The third-order valence-corrected chi connectivity index (χ3v) is 5.00. The van der Waals surface area contributed by atoms with Crippen LogP contribution in [0.1, 0.15) is 29.5 Å². The maximum Gasteiger partial charge on any atom is 0.271 e. The van der Waals surface area contributed by atoms with Crippen molar-refractivity contribution in [1.29, 1.82) is 0 Å². The van der Waals surface area contributed by atoms with Gasteiger partial charge in [-0.15, -0.1) is 0 Å². The highest BCUT2D eigenvalue weighted by Gasteiger charge is 2.24. The highest BCUT2D eigenvalue weighted by molar-refractivity contribution is 5.93. The van der Waals surface area contributed by atoms with Crippen molar-refractivity contribution in [1.82, 2.24) is 30.0 Å². The summed E-state index contributed by atoms with van der Waals surface area (Å²) in [4.78, 5) is 28.9. The quantitative estimate of drug-likeness (QED) is 0.729. The van der Waals surface area contributed by atoms with Crippen molar-refractivity contribution < 1.29 is 9.18 Å². The largest absolute Gasteiger partial charge is 0.352 e. The van der Waals surface area contributed by atoms with Gasteiger partial charge < -0.3 is 9.80 Å². The Balaban J connectivity index is 1.46. The molecule has 1 aliphatic heterocycles. The van der Waals surface area contributed by atoms with Gasteiger partial charge in [-0.25, -0.2) is 14.4 Å². The number of carbonyl (C=O) groups is 1. The van der Waals surface area contributed by atoms with E-state index in [-0.39, 0.29) is 11.7 Å². The number of hydrogen-bond acceptors (Lipinski definition) is 6. The second-order valence-electron chi connectivity index (χ2n) is 6.83. The molecular weight excluding hydrogens is 373 g/mol. The van der Waals surface area contributed by atoms with E-state index in [1.165, 1.54) is 6.33 Å². The first-order valence-corrected chi connectivity index (χ1v) is 9.67. The van der Waals surface area contributed by atoms with E-state index in [1.54, 1.807) is 17.2 Å². The zero-order valence-corrected chi connectivity index (χ0v) is 16.2. The number of nitrogens with one attached hydrogen (secondary N) is 1. The molecule has 0 aromatic carbocycles. The van der Waals surface area contributed by atoms with Crippen molar-refractivity contribution in [3.63, 3.8) is 0 Å². The van der Waals surface area contributed by atoms with E-state index in [2.05, 4.69) is 25.1 Å². The van der Waals surface area contributed by atoms with Crippen molar-refractivity contribution in [2.24, 2.45) is 0 Å². The van der Waals surface area contributed by atoms with Crippen molar-refractivity contribution in [2.75, 3.05) is 31.1 Å². The molecule has 29 heavy (non-hydrogen) atoms. The van der Waals surface area contributed by atoms with E-state index >= 15 is 0 Å². The Bertz CT molecular complexity index is 992. The fraction of sp³-hybridized carbons (Fsp3) is 0.350. The number of hydrogen-bond donors (Lipinski definition) is 1. The number of H-pyrrole nitrogens is 1. The van der Waals surface area contributed by atoms with Gasteiger partial charge in [-0.1, -0.05) is 13.0 Å². The van der Waals surface area contributed by atoms with E-state index in [0.29, 0.717) is 61.2 Å². The zero-order chi connectivity index (χ0) is 20.2. The van der Waals surface area contributed by atoms with Gasteiger partial charge in [-0.2, -0.15) is 5.10 Å². The van der Waals surface area contributed by atoms with Crippen LogP contribution in [0.3, 0.4) is 0 Å². The predicted molar refractivity (Wildman–Crippen MR) is 106 cm³/mol. The molecule has 150 valence electrons. The van der Waals surface area contributed by atoms with Crippen LogP contribution in [0.25, 0.3) is 11.4 Å². The van der Waals surface area contributed by atoms with E-state index in [4.69, 9.17) is 0 Å². The first kappa shape index (κ1) is 19.0. The molecule has 4 rings (SSSR count). The molecule has 0 radical (unpaired) electrons. The number of nitrogens with zero attached hydrogens (tertiary/aromatic N) is 6. The molecule has 1 amide bonds. The zero-order valence-electron chi connectivity index (χ0n) is 16.2.